The van der Waals surface area contributed by atoms with E-state index in [9.17, 15) is 9.90 Å². The Balaban J connectivity index is 2.27. The predicted molar refractivity (Wildman–Crippen MR) is 83.7 cm³/mol. The van der Waals surface area contributed by atoms with Crippen molar-refractivity contribution in [3.05, 3.63) is 45.7 Å². The second-order valence-electron chi connectivity index (χ2n) is 4.55. The molecule has 0 aliphatic heterocycles. The first-order valence-corrected chi connectivity index (χ1v) is 7.01. The molecule has 0 unspecified atom stereocenters. The summed E-state index contributed by atoms with van der Waals surface area (Å²) in [6, 6.07) is 5.09. The maximum atomic E-state index is 12.1. The van der Waals surface area contributed by atoms with Crippen molar-refractivity contribution in [2.24, 2.45) is 7.05 Å². The molecular formula is C15H15BrN2O3. The van der Waals surface area contributed by atoms with E-state index in [0.29, 0.717) is 15.9 Å². The summed E-state index contributed by atoms with van der Waals surface area (Å²) in [4.78, 5) is 12.1. The van der Waals surface area contributed by atoms with E-state index in [1.165, 1.54) is 13.2 Å². The number of aromatic nitrogens is 2. The van der Waals surface area contributed by atoms with Crippen LogP contribution < -0.4 is 4.74 Å². The summed E-state index contributed by atoms with van der Waals surface area (Å²) in [5.74, 6) is 0.234. The van der Waals surface area contributed by atoms with Crippen molar-refractivity contribution in [3.8, 4) is 11.5 Å². The van der Waals surface area contributed by atoms with E-state index in [1.54, 1.807) is 36.0 Å². The zero-order chi connectivity index (χ0) is 15.6. The van der Waals surface area contributed by atoms with Crippen LogP contribution in [0.25, 0.3) is 6.08 Å². The lowest BCUT2D eigenvalue weighted by Gasteiger charge is -2.06. The van der Waals surface area contributed by atoms with Crippen LogP contribution in [-0.4, -0.2) is 27.8 Å². The van der Waals surface area contributed by atoms with Gasteiger partial charge in [-0.3, -0.25) is 9.48 Å². The maximum absolute atomic E-state index is 12.1. The van der Waals surface area contributed by atoms with Crippen LogP contribution in [0.15, 0.2) is 28.7 Å². The smallest absolute Gasteiger partial charge is 0.203 e. The molecule has 0 spiro atoms. The minimum atomic E-state index is -0.138. The van der Waals surface area contributed by atoms with Crippen LogP contribution in [-0.2, 0) is 7.05 Å². The number of hydrogen-bond acceptors (Lipinski definition) is 4. The number of ether oxygens (including phenoxy) is 1. The average Bonchev–Trinajstić information content (AvgIpc) is 2.78. The molecule has 0 saturated heterocycles. The third-order valence-corrected chi connectivity index (χ3v) is 3.56. The van der Waals surface area contributed by atoms with Gasteiger partial charge in [0.05, 0.1) is 17.3 Å². The van der Waals surface area contributed by atoms with Gasteiger partial charge in [-0.2, -0.15) is 5.10 Å². The van der Waals surface area contributed by atoms with Crippen molar-refractivity contribution in [1.82, 2.24) is 9.78 Å². The monoisotopic (exact) mass is 350 g/mol. The van der Waals surface area contributed by atoms with Gasteiger partial charge in [0, 0.05) is 7.05 Å². The van der Waals surface area contributed by atoms with Gasteiger partial charge in [-0.05, 0) is 52.7 Å². The van der Waals surface area contributed by atoms with Crippen molar-refractivity contribution in [2.75, 3.05) is 7.11 Å². The number of rotatable bonds is 4. The van der Waals surface area contributed by atoms with Crippen molar-refractivity contribution < 1.29 is 14.6 Å². The SMILES string of the molecule is COc1cc(/C=C/C(=O)c2cc(C)nn2C)cc(Br)c1O. The standard InChI is InChI=1S/C15H15BrN2O3/c1-9-6-12(18(2)17-9)13(19)5-4-10-7-11(16)15(20)14(8-10)21-3/h4-8,20H,1-3H3/b5-4+. The number of ketones is 1. The summed E-state index contributed by atoms with van der Waals surface area (Å²) in [6.45, 7) is 1.84. The van der Waals surface area contributed by atoms with E-state index in [0.717, 1.165) is 11.3 Å². The largest absolute Gasteiger partial charge is 0.503 e. The number of halogens is 1. The molecule has 21 heavy (non-hydrogen) atoms. The van der Waals surface area contributed by atoms with Crippen molar-refractivity contribution >= 4 is 27.8 Å². The molecule has 1 N–H and O–H groups in total. The Morgan fingerprint density at radius 3 is 2.71 bits per heavy atom. The fraction of sp³-hybridized carbons (Fsp3) is 0.200. The summed E-state index contributed by atoms with van der Waals surface area (Å²) >= 11 is 3.24. The molecular weight excluding hydrogens is 336 g/mol. The number of aryl methyl sites for hydroxylation is 2. The number of phenols is 1. The maximum Gasteiger partial charge on any atom is 0.203 e. The molecule has 2 rings (SSSR count). The van der Waals surface area contributed by atoms with E-state index < -0.39 is 0 Å². The Bertz CT molecular complexity index is 720. The van der Waals surface area contributed by atoms with Gasteiger partial charge in [0.15, 0.2) is 11.5 Å². The summed E-state index contributed by atoms with van der Waals surface area (Å²) < 4.78 is 7.12. The highest BCUT2D eigenvalue weighted by Crippen LogP contribution is 2.35. The van der Waals surface area contributed by atoms with Gasteiger partial charge >= 0.3 is 0 Å². The van der Waals surface area contributed by atoms with Crippen LogP contribution in [0.1, 0.15) is 21.7 Å². The number of methoxy groups -OCH3 is 1. The molecule has 0 amide bonds. The normalized spacial score (nSPS) is 11.0. The van der Waals surface area contributed by atoms with Crippen LogP contribution in [0, 0.1) is 6.92 Å². The number of carbonyl (C=O) groups excluding carboxylic acids is 1. The Morgan fingerprint density at radius 2 is 2.14 bits per heavy atom. The van der Waals surface area contributed by atoms with E-state index in [1.807, 2.05) is 6.92 Å². The van der Waals surface area contributed by atoms with E-state index >= 15 is 0 Å². The summed E-state index contributed by atoms with van der Waals surface area (Å²) in [5, 5.41) is 13.9. The topological polar surface area (TPSA) is 64.3 Å². The lowest BCUT2D eigenvalue weighted by atomic mass is 10.1. The Kier molecular flexibility index (Phi) is 4.47. The third-order valence-electron chi connectivity index (χ3n) is 2.95. The Morgan fingerprint density at radius 1 is 1.43 bits per heavy atom. The molecule has 1 aromatic heterocycles. The van der Waals surface area contributed by atoms with Gasteiger partial charge in [-0.1, -0.05) is 6.08 Å². The number of aromatic hydroxyl groups is 1. The quantitative estimate of drug-likeness (QED) is 0.679. The highest BCUT2D eigenvalue weighted by molar-refractivity contribution is 9.10. The molecule has 0 saturated carbocycles. The first kappa shape index (κ1) is 15.3. The summed E-state index contributed by atoms with van der Waals surface area (Å²) in [7, 11) is 3.20. The van der Waals surface area contributed by atoms with Gasteiger partial charge in [0.2, 0.25) is 5.78 Å². The molecule has 0 aliphatic carbocycles. The molecule has 0 fully saturated rings. The molecule has 0 radical (unpaired) electrons. The summed E-state index contributed by atoms with van der Waals surface area (Å²) in [5.41, 5.74) is 2.06. The average molecular weight is 351 g/mol. The van der Waals surface area contributed by atoms with Gasteiger partial charge in [-0.15, -0.1) is 0 Å². The van der Waals surface area contributed by atoms with E-state index in [4.69, 9.17) is 4.74 Å². The van der Waals surface area contributed by atoms with E-state index in [2.05, 4.69) is 21.0 Å². The van der Waals surface area contributed by atoms with Crippen molar-refractivity contribution in [2.45, 2.75) is 6.92 Å². The predicted octanol–water partition coefficient (Wildman–Crippen LogP) is 3.10. The lowest BCUT2D eigenvalue weighted by Crippen LogP contribution is -2.03. The molecule has 5 nitrogen and oxygen atoms in total. The molecule has 0 bridgehead atoms. The molecule has 2 aromatic rings. The number of nitrogens with zero attached hydrogens (tertiary/aromatic N) is 2. The third kappa shape index (κ3) is 3.33. The lowest BCUT2D eigenvalue weighted by molar-refractivity contribution is 0.103. The van der Waals surface area contributed by atoms with Crippen LogP contribution in [0.2, 0.25) is 0 Å². The fourth-order valence-electron chi connectivity index (χ4n) is 1.94. The zero-order valence-corrected chi connectivity index (χ0v) is 13.5. The number of benzene rings is 1. The summed E-state index contributed by atoms with van der Waals surface area (Å²) in [6.07, 6.45) is 3.13. The van der Waals surface area contributed by atoms with Gasteiger partial charge in [0.1, 0.15) is 5.69 Å². The highest BCUT2D eigenvalue weighted by atomic mass is 79.9. The van der Waals surface area contributed by atoms with Crippen LogP contribution in [0.4, 0.5) is 0 Å². The van der Waals surface area contributed by atoms with Gasteiger partial charge < -0.3 is 9.84 Å². The Hall–Kier alpha value is -2.08. The highest BCUT2D eigenvalue weighted by Gasteiger charge is 2.10. The molecule has 0 aliphatic rings. The first-order chi connectivity index (χ1) is 9.92. The number of phenolic OH excluding ortho intramolecular Hbond substituents is 1. The first-order valence-electron chi connectivity index (χ1n) is 6.22. The molecule has 0 atom stereocenters. The van der Waals surface area contributed by atoms with Crippen molar-refractivity contribution in [1.29, 1.82) is 0 Å². The minimum absolute atomic E-state index is 0.0308. The molecule has 1 aromatic carbocycles. The number of hydrogen-bond donors (Lipinski definition) is 1. The molecule has 6 heteroatoms. The molecule has 1 heterocycles. The number of allylic oxidation sites excluding steroid dienone is 1. The second kappa shape index (κ2) is 6.13. The van der Waals surface area contributed by atoms with Crippen LogP contribution >= 0.6 is 15.9 Å². The minimum Gasteiger partial charge on any atom is -0.503 e. The fourth-order valence-corrected chi connectivity index (χ4v) is 2.40. The zero-order valence-electron chi connectivity index (χ0n) is 11.9. The van der Waals surface area contributed by atoms with Crippen LogP contribution in [0.5, 0.6) is 11.5 Å². The van der Waals surface area contributed by atoms with Gasteiger partial charge in [0.25, 0.3) is 0 Å². The Labute approximate surface area is 131 Å². The van der Waals surface area contributed by atoms with Gasteiger partial charge in [-0.25, -0.2) is 0 Å². The number of carbonyl (C=O) groups is 1. The van der Waals surface area contributed by atoms with Crippen LogP contribution in [0.3, 0.4) is 0 Å². The molecule has 110 valence electrons. The van der Waals surface area contributed by atoms with E-state index in [-0.39, 0.29) is 11.5 Å². The van der Waals surface area contributed by atoms with Crippen molar-refractivity contribution in [3.63, 3.8) is 0 Å². The second-order valence-corrected chi connectivity index (χ2v) is 5.40.